The largest absolute Gasteiger partial charge is 0.481 e. The second-order valence-electron chi connectivity index (χ2n) is 5.06. The number of hydrogen-bond acceptors (Lipinski definition) is 4. The molecule has 0 bridgehead atoms. The fraction of sp³-hybridized carbons (Fsp3) is 0.533. The minimum atomic E-state index is -0.664. The Morgan fingerprint density at radius 1 is 1.38 bits per heavy atom. The first-order chi connectivity index (χ1) is 9.99. The zero-order chi connectivity index (χ0) is 15.4. The van der Waals surface area contributed by atoms with E-state index in [4.69, 9.17) is 9.47 Å². The summed E-state index contributed by atoms with van der Waals surface area (Å²) in [6.45, 7) is 5.71. The average Bonchev–Trinajstić information content (AvgIpc) is 2.49. The van der Waals surface area contributed by atoms with Gasteiger partial charge in [0.25, 0.3) is 5.91 Å². The Morgan fingerprint density at radius 2 is 2.05 bits per heavy atom. The van der Waals surface area contributed by atoms with Crippen molar-refractivity contribution in [3.63, 3.8) is 0 Å². The minimum absolute atomic E-state index is 0.0576. The number of rotatable bonds is 4. The molecule has 0 spiro atoms. The summed E-state index contributed by atoms with van der Waals surface area (Å²) in [4.78, 5) is 14.1. The van der Waals surface area contributed by atoms with Gasteiger partial charge in [-0.2, -0.15) is 0 Å². The Kier molecular flexibility index (Phi) is 5.61. The summed E-state index contributed by atoms with van der Waals surface area (Å²) in [6, 6.07) is 5.38. The van der Waals surface area contributed by atoms with Gasteiger partial charge in [0, 0.05) is 23.1 Å². The van der Waals surface area contributed by atoms with Gasteiger partial charge in [0.2, 0.25) is 0 Å². The van der Waals surface area contributed by atoms with Crippen molar-refractivity contribution >= 4 is 21.8 Å². The summed E-state index contributed by atoms with van der Waals surface area (Å²) in [5, 5.41) is 9.82. The number of nitrogens with zero attached hydrogens (tertiary/aromatic N) is 1. The van der Waals surface area contributed by atoms with Crippen LogP contribution in [0.25, 0.3) is 0 Å². The molecule has 1 aromatic rings. The molecule has 21 heavy (non-hydrogen) atoms. The Morgan fingerprint density at radius 3 is 2.67 bits per heavy atom. The Balaban J connectivity index is 2.08. The van der Waals surface area contributed by atoms with Crippen LogP contribution in [0, 0.1) is 0 Å². The van der Waals surface area contributed by atoms with E-state index in [1.54, 1.807) is 30.9 Å². The molecular weight excluding hydrogens is 338 g/mol. The minimum Gasteiger partial charge on any atom is -0.481 e. The second-order valence-corrected chi connectivity index (χ2v) is 5.97. The Labute approximate surface area is 133 Å². The molecule has 0 aromatic heterocycles. The van der Waals surface area contributed by atoms with Gasteiger partial charge < -0.3 is 19.5 Å². The van der Waals surface area contributed by atoms with Crippen LogP contribution in [0.1, 0.15) is 25.5 Å². The number of ether oxygens (including phenoxy) is 2. The van der Waals surface area contributed by atoms with Crippen molar-refractivity contribution < 1.29 is 19.4 Å². The summed E-state index contributed by atoms with van der Waals surface area (Å²) >= 11 is 3.37. The van der Waals surface area contributed by atoms with Gasteiger partial charge in [0.15, 0.2) is 6.10 Å². The van der Waals surface area contributed by atoms with Crippen molar-refractivity contribution in [1.82, 2.24) is 4.90 Å². The molecule has 1 aromatic carbocycles. The third kappa shape index (κ3) is 4.18. The first kappa shape index (κ1) is 16.3. The van der Waals surface area contributed by atoms with Gasteiger partial charge in [0.05, 0.1) is 19.3 Å². The molecule has 0 saturated carbocycles. The van der Waals surface area contributed by atoms with Crippen molar-refractivity contribution in [1.29, 1.82) is 0 Å². The van der Waals surface area contributed by atoms with Crippen molar-refractivity contribution in [2.24, 2.45) is 0 Å². The van der Waals surface area contributed by atoms with Crippen LogP contribution in [-0.2, 0) is 9.53 Å². The lowest BCUT2D eigenvalue weighted by Crippen LogP contribution is -2.46. The molecular formula is C15H20BrNO4. The van der Waals surface area contributed by atoms with E-state index in [9.17, 15) is 9.90 Å². The van der Waals surface area contributed by atoms with Gasteiger partial charge in [0.1, 0.15) is 5.75 Å². The third-order valence-electron chi connectivity index (χ3n) is 3.40. The van der Waals surface area contributed by atoms with E-state index in [0.29, 0.717) is 37.6 Å². The molecule has 0 radical (unpaired) electrons. The Hall–Kier alpha value is -1.11. The van der Waals surface area contributed by atoms with Crippen LogP contribution in [0.2, 0.25) is 0 Å². The second kappa shape index (κ2) is 7.24. The number of aliphatic hydroxyl groups is 1. The number of halogens is 1. The fourth-order valence-electron chi connectivity index (χ4n) is 2.23. The third-order valence-corrected chi connectivity index (χ3v) is 3.89. The molecule has 1 aliphatic rings. The first-order valence-electron chi connectivity index (χ1n) is 6.99. The zero-order valence-corrected chi connectivity index (χ0v) is 13.8. The molecule has 6 heteroatoms. The monoisotopic (exact) mass is 357 g/mol. The highest BCUT2D eigenvalue weighted by molar-refractivity contribution is 9.10. The molecule has 2 atom stereocenters. The van der Waals surface area contributed by atoms with Crippen LogP contribution in [0.4, 0.5) is 0 Å². The fourth-order valence-corrected chi connectivity index (χ4v) is 2.61. The van der Waals surface area contributed by atoms with Crippen LogP contribution in [0.15, 0.2) is 22.7 Å². The normalized spacial score (nSPS) is 18.2. The van der Waals surface area contributed by atoms with Gasteiger partial charge in [-0.05, 0) is 32.0 Å². The predicted octanol–water partition coefficient (Wildman–Crippen LogP) is 2.13. The Bertz CT molecular complexity index is 500. The molecule has 1 amide bonds. The standard InChI is InChI=1S/C15H20BrNO4/c1-10(18)13-9-12(16)3-4-14(13)21-11(2)15(19)17-5-7-20-8-6-17/h3-4,9-11,18H,5-8H2,1-2H3/t10-,11?/m1/s1. The number of aliphatic hydroxyl groups excluding tert-OH is 1. The van der Waals surface area contributed by atoms with Gasteiger partial charge in [-0.1, -0.05) is 15.9 Å². The lowest BCUT2D eigenvalue weighted by molar-refractivity contribution is -0.142. The summed E-state index contributed by atoms with van der Waals surface area (Å²) in [5.74, 6) is 0.472. The summed E-state index contributed by atoms with van der Waals surface area (Å²) in [5.41, 5.74) is 0.658. The van der Waals surface area contributed by atoms with E-state index < -0.39 is 12.2 Å². The van der Waals surface area contributed by atoms with Crippen LogP contribution < -0.4 is 4.74 Å². The number of carbonyl (C=O) groups excluding carboxylic acids is 1. The summed E-state index contributed by atoms with van der Waals surface area (Å²) < 4.78 is 11.9. The van der Waals surface area contributed by atoms with E-state index in [1.165, 1.54) is 0 Å². The smallest absolute Gasteiger partial charge is 0.263 e. The van der Waals surface area contributed by atoms with Crippen molar-refractivity contribution in [3.8, 4) is 5.75 Å². The van der Waals surface area contributed by atoms with Gasteiger partial charge in [-0.15, -0.1) is 0 Å². The van der Waals surface area contributed by atoms with Crippen molar-refractivity contribution in [2.75, 3.05) is 26.3 Å². The number of morpholine rings is 1. The highest BCUT2D eigenvalue weighted by atomic mass is 79.9. The average molecular weight is 358 g/mol. The van der Waals surface area contributed by atoms with Crippen LogP contribution >= 0.6 is 15.9 Å². The van der Waals surface area contributed by atoms with Gasteiger partial charge in [-0.25, -0.2) is 0 Å². The van der Waals surface area contributed by atoms with E-state index in [2.05, 4.69) is 15.9 Å². The molecule has 2 rings (SSSR count). The zero-order valence-electron chi connectivity index (χ0n) is 12.2. The quantitative estimate of drug-likeness (QED) is 0.896. The SMILES string of the molecule is CC(Oc1ccc(Br)cc1[C@@H](C)O)C(=O)N1CCOCC1. The number of carbonyl (C=O) groups is 1. The van der Waals surface area contributed by atoms with Crippen molar-refractivity contribution in [2.45, 2.75) is 26.1 Å². The number of hydrogen-bond donors (Lipinski definition) is 1. The topological polar surface area (TPSA) is 59.0 Å². The molecule has 1 aliphatic heterocycles. The molecule has 1 unspecified atom stereocenters. The maximum absolute atomic E-state index is 12.3. The van der Waals surface area contributed by atoms with Crippen molar-refractivity contribution in [3.05, 3.63) is 28.2 Å². The lowest BCUT2D eigenvalue weighted by Gasteiger charge is -2.29. The van der Waals surface area contributed by atoms with Gasteiger partial charge in [-0.3, -0.25) is 4.79 Å². The highest BCUT2D eigenvalue weighted by Gasteiger charge is 2.24. The maximum atomic E-state index is 12.3. The molecule has 5 nitrogen and oxygen atoms in total. The first-order valence-corrected chi connectivity index (χ1v) is 7.79. The van der Waals surface area contributed by atoms with E-state index in [0.717, 1.165) is 4.47 Å². The molecule has 1 N–H and O–H groups in total. The van der Waals surface area contributed by atoms with E-state index >= 15 is 0 Å². The number of benzene rings is 1. The maximum Gasteiger partial charge on any atom is 0.263 e. The van der Waals surface area contributed by atoms with Gasteiger partial charge >= 0.3 is 0 Å². The predicted molar refractivity (Wildman–Crippen MR) is 82.3 cm³/mol. The summed E-state index contributed by atoms with van der Waals surface area (Å²) in [7, 11) is 0. The summed E-state index contributed by atoms with van der Waals surface area (Å²) in [6.07, 6.45) is -1.26. The van der Waals surface area contributed by atoms with E-state index in [-0.39, 0.29) is 5.91 Å². The van der Waals surface area contributed by atoms with Crippen LogP contribution in [-0.4, -0.2) is 48.3 Å². The molecule has 1 saturated heterocycles. The highest BCUT2D eigenvalue weighted by Crippen LogP contribution is 2.29. The molecule has 116 valence electrons. The molecule has 0 aliphatic carbocycles. The van der Waals surface area contributed by atoms with Crippen LogP contribution in [0.5, 0.6) is 5.75 Å². The van der Waals surface area contributed by atoms with Crippen LogP contribution in [0.3, 0.4) is 0 Å². The lowest BCUT2D eigenvalue weighted by atomic mass is 10.1. The molecule has 1 fully saturated rings. The van der Waals surface area contributed by atoms with E-state index in [1.807, 2.05) is 6.07 Å². The molecule has 1 heterocycles. The number of amides is 1.